The maximum atomic E-state index is 14.3. The monoisotopic (exact) mass is 941 g/mol. The second kappa shape index (κ2) is 25.9. The Balaban J connectivity index is 0.0000109. The molecule has 3 fully saturated rings. The van der Waals surface area contributed by atoms with Crippen LogP contribution in [0, 0.1) is 47.8 Å². The molecule has 0 aromatic heterocycles. The first-order chi connectivity index (χ1) is 29.8. The van der Waals surface area contributed by atoms with Crippen molar-refractivity contribution < 1.29 is 75.4 Å². The van der Waals surface area contributed by atoms with Gasteiger partial charge >= 0.3 is 5.97 Å². The van der Waals surface area contributed by atoms with Gasteiger partial charge in [0.15, 0.2) is 0 Å². The summed E-state index contributed by atoms with van der Waals surface area (Å²) in [7, 11) is 1.57. The number of methoxy groups -OCH3 is 1. The molecule has 1 saturated carbocycles. The molecule has 3 heterocycles. The number of cyclic esters (lactones) is 1. The third kappa shape index (κ3) is 14.8. The average Bonchev–Trinajstić information content (AvgIpc) is 3.26. The third-order valence-corrected chi connectivity index (χ3v) is 14.0. The number of ketones is 3. The SMILES string of the molecule is CO[C@H]1C[C@@H]2CC[C@@H](C)[C@@](O)(O2)C(=O)C(=O)N2CCCC[C@H]2C(=O)O[C@H]([C@H](C)C[C@H]2C[CH-][C@H](O)CC2)CC(=O)[C@H](C)/C=C(\C)[C@@H](O)[C@@H](CO)C(=O)[C@H](C)C[C@H](C)/C=C/C=CC=C1C.[Co]. The number of carbonyl (C=O) groups excluding carboxylic acids is 5. The summed E-state index contributed by atoms with van der Waals surface area (Å²) in [6.45, 7) is 12.1. The van der Waals surface area contributed by atoms with E-state index in [0.717, 1.165) is 12.0 Å². The molecule has 0 spiro atoms. The number of fused-ring (bicyclic) bond motifs is 3. The van der Waals surface area contributed by atoms with Gasteiger partial charge in [0, 0.05) is 61.0 Å². The van der Waals surface area contributed by atoms with E-state index in [0.29, 0.717) is 63.4 Å². The van der Waals surface area contributed by atoms with Crippen LogP contribution < -0.4 is 0 Å². The number of rotatable bonds is 5. The molecule has 1 aliphatic carbocycles. The van der Waals surface area contributed by atoms with E-state index >= 15 is 0 Å². The van der Waals surface area contributed by atoms with Crippen LogP contribution in [0.25, 0.3) is 0 Å². The number of aliphatic hydroxyl groups excluding tert-OH is 3. The van der Waals surface area contributed by atoms with Crippen LogP contribution in [0.1, 0.15) is 126 Å². The first kappa shape index (κ1) is 55.5. The second-order valence-corrected chi connectivity index (χ2v) is 19.2. The number of hydrogen-bond donors (Lipinski definition) is 4. The number of ether oxygens (including phenoxy) is 3. The van der Waals surface area contributed by atoms with Gasteiger partial charge in [-0.1, -0.05) is 95.9 Å². The number of esters is 1. The summed E-state index contributed by atoms with van der Waals surface area (Å²) in [4.78, 5) is 71.4. The zero-order valence-electron chi connectivity index (χ0n) is 39.3. The van der Waals surface area contributed by atoms with Crippen LogP contribution >= 0.6 is 0 Å². The molecule has 13 nitrogen and oxygen atoms in total. The maximum Gasteiger partial charge on any atom is 0.329 e. The summed E-state index contributed by atoms with van der Waals surface area (Å²) < 4.78 is 18.2. The van der Waals surface area contributed by atoms with Gasteiger partial charge in [-0.3, -0.25) is 19.2 Å². The van der Waals surface area contributed by atoms with Crippen molar-refractivity contribution in [3.63, 3.8) is 0 Å². The van der Waals surface area contributed by atoms with Gasteiger partial charge in [0.2, 0.25) is 5.79 Å². The number of aliphatic hydroxyl groups is 4. The molecule has 64 heavy (non-hydrogen) atoms. The molecule has 4 N–H and O–H groups in total. The fourth-order valence-corrected chi connectivity index (χ4v) is 9.77. The molecular formula is C50H76CoNO12-. The molecule has 14 atom stereocenters. The van der Waals surface area contributed by atoms with Gasteiger partial charge in [-0.25, -0.2) is 4.79 Å². The van der Waals surface area contributed by atoms with Crippen LogP contribution in [0.3, 0.4) is 0 Å². The summed E-state index contributed by atoms with van der Waals surface area (Å²) in [5, 5.41) is 43.7. The molecule has 2 saturated heterocycles. The minimum Gasteiger partial charge on any atom is -0.460 e. The molecule has 4 aliphatic rings. The van der Waals surface area contributed by atoms with Gasteiger partial charge in [-0.05, 0) is 81.8 Å². The standard InChI is InChI=1S/C50H76NO12.Co/c1-30-14-10-9-11-15-31(2)43(61-8)27-39-22-17-36(7)50(60,63-39)47(57)48(58)51-23-13-12-16-41(51)49(59)62-44(33(4)26-37-18-20-38(53)21-19-37)28-42(54)32(3)25-35(6)46(56)40(29-52)45(55)34(5)24-30;/h9-11,14-15,20,25,30,32-34,36-41,43-44,46,52-53,56,60H,12-13,16-19,21-24,26-29H2,1-8H3;/q-1;/b11-9?,14-10+,31-15?,35-25+;/t30-,32-,33-,34-,36-,37+,38+,39+,40+,41+,43+,44+,46-,50-;/m1./s1. The minimum atomic E-state index is -2.42. The van der Waals surface area contributed by atoms with Gasteiger partial charge in [0.1, 0.15) is 23.7 Å². The number of carbonyl (C=O) groups is 5. The number of piperidine rings is 1. The van der Waals surface area contributed by atoms with E-state index in [-0.39, 0.29) is 65.5 Å². The topological polar surface area (TPSA) is 197 Å². The third-order valence-electron chi connectivity index (χ3n) is 14.0. The summed E-state index contributed by atoms with van der Waals surface area (Å²) >= 11 is 0. The van der Waals surface area contributed by atoms with Crippen molar-refractivity contribution in [3.05, 3.63) is 54.0 Å². The molecule has 2 bridgehead atoms. The molecule has 0 unspecified atom stereocenters. The Morgan fingerprint density at radius 3 is 2.31 bits per heavy atom. The van der Waals surface area contributed by atoms with Gasteiger partial charge in [0.25, 0.3) is 11.7 Å². The Morgan fingerprint density at radius 2 is 1.66 bits per heavy atom. The molecule has 3 aliphatic heterocycles. The Labute approximate surface area is 391 Å². The summed E-state index contributed by atoms with van der Waals surface area (Å²) in [6.07, 6.45) is 14.8. The molecular weight excluding hydrogens is 865 g/mol. The first-order valence-electron chi connectivity index (χ1n) is 23.4. The molecule has 0 aromatic carbocycles. The smallest absolute Gasteiger partial charge is 0.329 e. The summed E-state index contributed by atoms with van der Waals surface area (Å²) in [5.74, 6) is -9.00. The Hall–Kier alpha value is -2.82. The number of Topliss-reactive ketones (excluding diaryl/α,β-unsaturated/α-hetero) is 3. The van der Waals surface area contributed by atoms with Gasteiger partial charge in [-0.2, -0.15) is 6.42 Å². The summed E-state index contributed by atoms with van der Waals surface area (Å²) in [5.41, 5.74) is 1.23. The van der Waals surface area contributed by atoms with Gasteiger partial charge < -0.3 is 46.0 Å². The van der Waals surface area contributed by atoms with Gasteiger partial charge in [0.05, 0.1) is 30.8 Å². The number of amides is 1. The minimum absolute atomic E-state index is 0. The van der Waals surface area contributed by atoms with Crippen LogP contribution in [0.5, 0.6) is 0 Å². The van der Waals surface area contributed by atoms with Crippen molar-refractivity contribution in [1.29, 1.82) is 0 Å². The van der Waals surface area contributed by atoms with Crippen LogP contribution in [0.2, 0.25) is 0 Å². The van der Waals surface area contributed by atoms with Crippen molar-refractivity contribution in [3.8, 4) is 0 Å². The van der Waals surface area contributed by atoms with Crippen LogP contribution in [0.15, 0.2) is 47.6 Å². The zero-order valence-corrected chi connectivity index (χ0v) is 40.3. The average molecular weight is 942 g/mol. The van der Waals surface area contributed by atoms with E-state index in [1.54, 1.807) is 40.9 Å². The summed E-state index contributed by atoms with van der Waals surface area (Å²) in [6, 6.07) is -1.13. The Morgan fingerprint density at radius 1 is 0.938 bits per heavy atom. The quantitative estimate of drug-likeness (QED) is 0.109. The van der Waals surface area contributed by atoms with Crippen molar-refractivity contribution in [2.45, 2.75) is 168 Å². The predicted molar refractivity (Wildman–Crippen MR) is 238 cm³/mol. The van der Waals surface area contributed by atoms with Crippen molar-refractivity contribution >= 4 is 29.2 Å². The van der Waals surface area contributed by atoms with Crippen LogP contribution in [-0.4, -0.2) is 117 Å². The van der Waals surface area contributed by atoms with E-state index in [1.165, 1.54) is 4.90 Å². The fraction of sp³-hybridized carbons (Fsp3) is 0.720. The largest absolute Gasteiger partial charge is 0.460 e. The second-order valence-electron chi connectivity index (χ2n) is 19.2. The van der Waals surface area contributed by atoms with E-state index in [4.69, 9.17) is 14.2 Å². The molecule has 1 amide bonds. The van der Waals surface area contributed by atoms with Crippen molar-refractivity contribution in [2.24, 2.45) is 41.4 Å². The first-order valence-corrected chi connectivity index (χ1v) is 23.4. The number of allylic oxidation sites excluding steroid dienone is 6. The Kier molecular flexibility index (Phi) is 22.5. The molecule has 14 heteroatoms. The van der Waals surface area contributed by atoms with E-state index in [1.807, 2.05) is 57.6 Å². The fourth-order valence-electron chi connectivity index (χ4n) is 9.77. The molecule has 363 valence electrons. The van der Waals surface area contributed by atoms with E-state index in [2.05, 4.69) is 0 Å². The van der Waals surface area contributed by atoms with E-state index in [9.17, 15) is 44.4 Å². The van der Waals surface area contributed by atoms with Crippen molar-refractivity contribution in [1.82, 2.24) is 4.90 Å². The maximum absolute atomic E-state index is 14.3. The van der Waals surface area contributed by atoms with Crippen LogP contribution in [-0.2, 0) is 55.0 Å². The van der Waals surface area contributed by atoms with Gasteiger partial charge in [-0.15, -0.1) is 0 Å². The molecule has 4 rings (SSSR count). The number of nitrogens with zero attached hydrogens (tertiary/aromatic N) is 1. The van der Waals surface area contributed by atoms with E-state index < -0.39 is 90.3 Å². The molecule has 0 aromatic rings. The van der Waals surface area contributed by atoms with Crippen molar-refractivity contribution in [2.75, 3.05) is 20.3 Å². The zero-order chi connectivity index (χ0) is 46.6. The normalized spacial score (nSPS) is 38.2. The predicted octanol–water partition coefficient (Wildman–Crippen LogP) is 5.96. The van der Waals surface area contributed by atoms with Crippen LogP contribution in [0.4, 0.5) is 0 Å². The Bertz CT molecular complexity index is 1700. The number of hydrogen-bond acceptors (Lipinski definition) is 12. The molecule has 1 radical (unpaired) electrons.